The Hall–Kier alpha value is -2.89. The summed E-state index contributed by atoms with van der Waals surface area (Å²) in [5.74, 6) is 0.598. The van der Waals surface area contributed by atoms with Crippen LogP contribution < -0.4 is 11.5 Å². The molecule has 0 aliphatic heterocycles. The second-order valence-electron chi connectivity index (χ2n) is 5.05. The van der Waals surface area contributed by atoms with Gasteiger partial charge in [0, 0.05) is 16.9 Å². The van der Waals surface area contributed by atoms with Crippen molar-refractivity contribution in [1.82, 2.24) is 20.2 Å². The minimum atomic E-state index is 0.552. The van der Waals surface area contributed by atoms with Gasteiger partial charge in [-0.25, -0.2) is 0 Å². The number of hydrogen-bond acceptors (Lipinski definition) is 5. The quantitative estimate of drug-likeness (QED) is 0.701. The predicted octanol–water partition coefficient (Wildman–Crippen LogP) is 2.11. The van der Waals surface area contributed by atoms with Gasteiger partial charge in [0.25, 0.3) is 0 Å². The van der Waals surface area contributed by atoms with Crippen molar-refractivity contribution in [2.24, 2.45) is 0 Å². The monoisotopic (exact) mass is 280 g/mol. The van der Waals surface area contributed by atoms with Crippen LogP contribution in [-0.4, -0.2) is 20.2 Å². The number of nitrogens with two attached hydrogens (primary N) is 2. The molecule has 0 unspecified atom stereocenters. The van der Waals surface area contributed by atoms with E-state index < -0.39 is 0 Å². The molecule has 4 N–H and O–H groups in total. The molecule has 3 aromatic rings. The fraction of sp³-hybridized carbons (Fsp3) is 0.133. The van der Waals surface area contributed by atoms with Crippen molar-refractivity contribution in [1.29, 1.82) is 0 Å². The Kier molecular flexibility index (Phi) is 3.06. The Labute approximate surface area is 122 Å². The highest BCUT2D eigenvalue weighted by Gasteiger charge is 2.15. The average Bonchev–Trinajstić information content (AvgIpc) is 2.90. The first-order valence-corrected chi connectivity index (χ1v) is 6.57. The molecular weight excluding hydrogens is 264 g/mol. The lowest BCUT2D eigenvalue weighted by Crippen LogP contribution is -2.04. The van der Waals surface area contributed by atoms with Gasteiger partial charge in [-0.3, -0.25) is 0 Å². The number of aromatic nitrogens is 4. The maximum Gasteiger partial charge on any atom is 0.189 e. The van der Waals surface area contributed by atoms with Crippen molar-refractivity contribution in [3.63, 3.8) is 0 Å². The number of tetrazole rings is 1. The lowest BCUT2D eigenvalue weighted by molar-refractivity contribution is 0.787. The van der Waals surface area contributed by atoms with E-state index in [2.05, 4.69) is 21.6 Å². The Morgan fingerprint density at radius 1 is 1.00 bits per heavy atom. The van der Waals surface area contributed by atoms with E-state index in [-0.39, 0.29) is 0 Å². The minimum absolute atomic E-state index is 0.552. The van der Waals surface area contributed by atoms with Gasteiger partial charge in [0.05, 0.1) is 5.69 Å². The lowest BCUT2D eigenvalue weighted by atomic mass is 10.1. The second-order valence-corrected chi connectivity index (χ2v) is 5.05. The number of anilines is 2. The minimum Gasteiger partial charge on any atom is -0.399 e. The van der Waals surface area contributed by atoms with Crippen LogP contribution in [0.2, 0.25) is 0 Å². The summed E-state index contributed by atoms with van der Waals surface area (Å²) >= 11 is 0. The highest BCUT2D eigenvalue weighted by molar-refractivity contribution is 5.75. The Balaban J connectivity index is 2.19. The maximum absolute atomic E-state index is 6.04. The molecule has 2 aromatic carbocycles. The molecule has 0 fully saturated rings. The van der Waals surface area contributed by atoms with Gasteiger partial charge in [-0.1, -0.05) is 12.1 Å². The summed E-state index contributed by atoms with van der Waals surface area (Å²) in [6.45, 7) is 4.05. The molecule has 6 nitrogen and oxygen atoms in total. The molecule has 0 aliphatic rings. The van der Waals surface area contributed by atoms with Gasteiger partial charge in [0.1, 0.15) is 0 Å². The molecule has 3 rings (SSSR count). The highest BCUT2D eigenvalue weighted by atomic mass is 15.5. The fourth-order valence-electron chi connectivity index (χ4n) is 2.25. The van der Waals surface area contributed by atoms with E-state index in [1.807, 2.05) is 32.0 Å². The topological polar surface area (TPSA) is 95.6 Å². The van der Waals surface area contributed by atoms with Crippen LogP contribution in [0.15, 0.2) is 36.4 Å². The molecule has 1 heterocycles. The van der Waals surface area contributed by atoms with Gasteiger partial charge in [0.15, 0.2) is 5.82 Å². The Bertz CT molecular complexity index is 806. The summed E-state index contributed by atoms with van der Waals surface area (Å²) < 4.78 is 1.70. The van der Waals surface area contributed by atoms with Crippen LogP contribution in [0.1, 0.15) is 11.1 Å². The first-order valence-electron chi connectivity index (χ1n) is 6.57. The van der Waals surface area contributed by atoms with Gasteiger partial charge >= 0.3 is 0 Å². The summed E-state index contributed by atoms with van der Waals surface area (Å²) in [6.07, 6.45) is 0. The maximum atomic E-state index is 6.04. The van der Waals surface area contributed by atoms with Crippen molar-refractivity contribution < 1.29 is 0 Å². The van der Waals surface area contributed by atoms with Crippen molar-refractivity contribution >= 4 is 11.4 Å². The first kappa shape index (κ1) is 13.1. The third-order valence-corrected chi connectivity index (χ3v) is 3.38. The van der Waals surface area contributed by atoms with E-state index in [4.69, 9.17) is 11.5 Å². The SMILES string of the molecule is Cc1ccc(C)c(-n2nnnc2-c2ccc(N)cc2N)c1. The molecule has 106 valence electrons. The van der Waals surface area contributed by atoms with Crippen LogP contribution in [0.5, 0.6) is 0 Å². The average molecular weight is 280 g/mol. The van der Waals surface area contributed by atoms with Crippen molar-refractivity contribution in [2.45, 2.75) is 13.8 Å². The van der Waals surface area contributed by atoms with Gasteiger partial charge in [0.2, 0.25) is 0 Å². The molecule has 0 aliphatic carbocycles. The third kappa shape index (κ3) is 2.31. The van der Waals surface area contributed by atoms with Crippen LogP contribution in [0.4, 0.5) is 11.4 Å². The van der Waals surface area contributed by atoms with Crippen LogP contribution in [0.25, 0.3) is 17.1 Å². The van der Waals surface area contributed by atoms with Crippen LogP contribution in [0.3, 0.4) is 0 Å². The molecule has 0 saturated heterocycles. The summed E-state index contributed by atoms with van der Waals surface area (Å²) in [4.78, 5) is 0. The normalized spacial score (nSPS) is 10.8. The van der Waals surface area contributed by atoms with E-state index in [0.29, 0.717) is 17.2 Å². The second kappa shape index (κ2) is 4.90. The van der Waals surface area contributed by atoms with E-state index in [1.165, 1.54) is 0 Å². The van der Waals surface area contributed by atoms with Crippen molar-refractivity contribution in [3.8, 4) is 17.1 Å². The van der Waals surface area contributed by atoms with E-state index in [9.17, 15) is 0 Å². The molecule has 0 spiro atoms. The predicted molar refractivity (Wildman–Crippen MR) is 82.9 cm³/mol. The van der Waals surface area contributed by atoms with Crippen LogP contribution in [0, 0.1) is 13.8 Å². The summed E-state index contributed by atoms with van der Waals surface area (Å²) in [5, 5.41) is 12.0. The number of hydrogen-bond donors (Lipinski definition) is 2. The molecule has 0 atom stereocenters. The third-order valence-electron chi connectivity index (χ3n) is 3.38. The molecule has 6 heteroatoms. The number of aryl methyl sites for hydroxylation is 2. The zero-order valence-corrected chi connectivity index (χ0v) is 11.9. The van der Waals surface area contributed by atoms with Gasteiger partial charge in [-0.2, -0.15) is 4.68 Å². The molecule has 0 amide bonds. The zero-order valence-electron chi connectivity index (χ0n) is 11.9. The zero-order chi connectivity index (χ0) is 15.0. The Morgan fingerprint density at radius 3 is 2.57 bits per heavy atom. The molecule has 0 radical (unpaired) electrons. The summed E-state index contributed by atoms with van der Waals surface area (Å²) in [6, 6.07) is 11.5. The molecule has 21 heavy (non-hydrogen) atoms. The smallest absolute Gasteiger partial charge is 0.189 e. The standard InChI is InChI=1S/C15H16N6/c1-9-3-4-10(2)14(7-9)21-15(18-19-20-21)12-6-5-11(16)8-13(12)17/h3-8H,16-17H2,1-2H3. The molecule has 0 bridgehead atoms. The molecular formula is C15H16N6. The van der Waals surface area contributed by atoms with E-state index in [1.54, 1.807) is 16.8 Å². The largest absolute Gasteiger partial charge is 0.399 e. The number of benzene rings is 2. The fourth-order valence-corrected chi connectivity index (χ4v) is 2.25. The van der Waals surface area contributed by atoms with E-state index >= 15 is 0 Å². The summed E-state index contributed by atoms with van der Waals surface area (Å²) in [7, 11) is 0. The molecule has 1 aromatic heterocycles. The highest BCUT2D eigenvalue weighted by Crippen LogP contribution is 2.28. The lowest BCUT2D eigenvalue weighted by Gasteiger charge is -2.10. The Morgan fingerprint density at radius 2 is 1.81 bits per heavy atom. The van der Waals surface area contributed by atoms with Crippen LogP contribution >= 0.6 is 0 Å². The number of rotatable bonds is 2. The van der Waals surface area contributed by atoms with Crippen molar-refractivity contribution in [3.05, 3.63) is 47.5 Å². The first-order chi connectivity index (χ1) is 10.1. The van der Waals surface area contributed by atoms with Gasteiger partial charge in [-0.05, 0) is 59.7 Å². The van der Waals surface area contributed by atoms with Gasteiger partial charge < -0.3 is 11.5 Å². The van der Waals surface area contributed by atoms with Gasteiger partial charge in [-0.15, -0.1) is 5.10 Å². The summed E-state index contributed by atoms with van der Waals surface area (Å²) in [5.41, 5.74) is 16.9. The van der Waals surface area contributed by atoms with E-state index in [0.717, 1.165) is 22.4 Å². The number of nitrogens with zero attached hydrogens (tertiary/aromatic N) is 4. The van der Waals surface area contributed by atoms with Crippen molar-refractivity contribution in [2.75, 3.05) is 11.5 Å². The number of nitrogen functional groups attached to an aromatic ring is 2. The molecule has 0 saturated carbocycles. The van der Waals surface area contributed by atoms with Crippen LogP contribution in [-0.2, 0) is 0 Å².